The van der Waals surface area contributed by atoms with Crippen molar-refractivity contribution in [3.8, 4) is 0 Å². The second-order valence-electron chi connectivity index (χ2n) is 4.60. The summed E-state index contributed by atoms with van der Waals surface area (Å²) in [5.41, 5.74) is 0. The second kappa shape index (κ2) is 8.29. The Labute approximate surface area is 117 Å². The molecule has 7 heteroatoms. The SMILES string of the molecule is CCCc1noc(CCC(=O)N[C@@H](CCC)C(=O)O)n1. The molecule has 1 aromatic heterocycles. The maximum atomic E-state index is 11.7. The van der Waals surface area contributed by atoms with Crippen LogP contribution in [0.2, 0.25) is 0 Å². The molecule has 20 heavy (non-hydrogen) atoms. The van der Waals surface area contributed by atoms with Crippen molar-refractivity contribution in [3.05, 3.63) is 11.7 Å². The molecule has 0 bridgehead atoms. The average molecular weight is 283 g/mol. The normalized spacial score (nSPS) is 12.1. The molecule has 0 aliphatic carbocycles. The van der Waals surface area contributed by atoms with Crippen molar-refractivity contribution in [3.63, 3.8) is 0 Å². The van der Waals surface area contributed by atoms with Crippen molar-refractivity contribution in [1.29, 1.82) is 0 Å². The third-order valence-corrected chi connectivity index (χ3v) is 2.76. The minimum absolute atomic E-state index is 0.140. The highest BCUT2D eigenvalue weighted by molar-refractivity contribution is 5.83. The summed E-state index contributed by atoms with van der Waals surface area (Å²) in [4.78, 5) is 26.7. The van der Waals surface area contributed by atoms with E-state index in [0.717, 1.165) is 12.8 Å². The highest BCUT2D eigenvalue weighted by Crippen LogP contribution is 2.04. The van der Waals surface area contributed by atoms with Crippen LogP contribution in [0.4, 0.5) is 0 Å². The van der Waals surface area contributed by atoms with Gasteiger partial charge in [0.2, 0.25) is 11.8 Å². The molecular weight excluding hydrogens is 262 g/mol. The number of amides is 1. The van der Waals surface area contributed by atoms with Crippen LogP contribution in [0, 0.1) is 0 Å². The number of hydrogen-bond donors (Lipinski definition) is 2. The quantitative estimate of drug-likeness (QED) is 0.708. The van der Waals surface area contributed by atoms with Crippen LogP contribution in [-0.4, -0.2) is 33.2 Å². The Balaban J connectivity index is 2.39. The zero-order valence-electron chi connectivity index (χ0n) is 11.9. The van der Waals surface area contributed by atoms with Gasteiger partial charge in [-0.2, -0.15) is 4.98 Å². The molecule has 1 rings (SSSR count). The number of carbonyl (C=O) groups is 2. The van der Waals surface area contributed by atoms with E-state index in [9.17, 15) is 9.59 Å². The first-order valence-electron chi connectivity index (χ1n) is 6.90. The maximum Gasteiger partial charge on any atom is 0.326 e. The summed E-state index contributed by atoms with van der Waals surface area (Å²) in [6.07, 6.45) is 3.25. The van der Waals surface area contributed by atoms with Crippen molar-refractivity contribution in [2.75, 3.05) is 0 Å². The molecule has 0 aliphatic rings. The molecule has 1 atom stereocenters. The fraction of sp³-hybridized carbons (Fsp3) is 0.692. The van der Waals surface area contributed by atoms with Gasteiger partial charge in [-0.25, -0.2) is 4.79 Å². The topological polar surface area (TPSA) is 105 Å². The predicted octanol–water partition coefficient (Wildman–Crippen LogP) is 1.32. The Morgan fingerprint density at radius 2 is 2.05 bits per heavy atom. The average Bonchev–Trinajstić information content (AvgIpc) is 2.84. The lowest BCUT2D eigenvalue weighted by Crippen LogP contribution is -2.40. The van der Waals surface area contributed by atoms with Gasteiger partial charge in [-0.3, -0.25) is 4.79 Å². The van der Waals surface area contributed by atoms with E-state index in [2.05, 4.69) is 15.5 Å². The molecule has 7 nitrogen and oxygen atoms in total. The zero-order valence-corrected chi connectivity index (χ0v) is 11.9. The van der Waals surface area contributed by atoms with Crippen molar-refractivity contribution >= 4 is 11.9 Å². The summed E-state index contributed by atoms with van der Waals surface area (Å²) in [5, 5.41) is 15.2. The highest BCUT2D eigenvalue weighted by Gasteiger charge is 2.19. The molecule has 1 heterocycles. The summed E-state index contributed by atoms with van der Waals surface area (Å²) in [6, 6.07) is -0.828. The van der Waals surface area contributed by atoms with Crippen molar-refractivity contribution < 1.29 is 19.2 Å². The monoisotopic (exact) mass is 283 g/mol. The molecule has 0 fully saturated rings. The Bertz CT molecular complexity index is 445. The number of carboxylic acid groups (broad SMARTS) is 1. The number of rotatable bonds is 9. The molecule has 0 saturated heterocycles. The predicted molar refractivity (Wildman–Crippen MR) is 71.1 cm³/mol. The number of nitrogens with zero attached hydrogens (tertiary/aromatic N) is 2. The lowest BCUT2D eigenvalue weighted by Gasteiger charge is -2.12. The summed E-state index contributed by atoms with van der Waals surface area (Å²) in [5.74, 6) is -0.285. The highest BCUT2D eigenvalue weighted by atomic mass is 16.5. The molecule has 0 saturated carbocycles. The molecule has 0 unspecified atom stereocenters. The Hall–Kier alpha value is -1.92. The van der Waals surface area contributed by atoms with Crippen LogP contribution in [0.15, 0.2) is 4.52 Å². The summed E-state index contributed by atoms with van der Waals surface area (Å²) < 4.78 is 5.01. The molecule has 1 aromatic rings. The number of aromatic nitrogens is 2. The van der Waals surface area contributed by atoms with Gasteiger partial charge in [0.25, 0.3) is 0 Å². The first-order chi connectivity index (χ1) is 9.56. The Kier molecular flexibility index (Phi) is 6.69. The largest absolute Gasteiger partial charge is 0.480 e. The molecule has 112 valence electrons. The maximum absolute atomic E-state index is 11.7. The van der Waals surface area contributed by atoms with Gasteiger partial charge < -0.3 is 14.9 Å². The van der Waals surface area contributed by atoms with E-state index in [1.807, 2.05) is 13.8 Å². The van der Waals surface area contributed by atoms with Gasteiger partial charge in [-0.05, 0) is 12.8 Å². The minimum atomic E-state index is -1.01. The van der Waals surface area contributed by atoms with E-state index >= 15 is 0 Å². The van der Waals surface area contributed by atoms with Gasteiger partial charge in [0, 0.05) is 19.3 Å². The van der Waals surface area contributed by atoms with E-state index in [4.69, 9.17) is 9.63 Å². The number of aliphatic carboxylic acids is 1. The molecular formula is C13H21N3O4. The molecule has 1 amide bonds. The number of aryl methyl sites for hydroxylation is 2. The van der Waals surface area contributed by atoms with Gasteiger partial charge in [0.1, 0.15) is 6.04 Å². The van der Waals surface area contributed by atoms with E-state index in [1.54, 1.807) is 0 Å². The first-order valence-corrected chi connectivity index (χ1v) is 6.90. The lowest BCUT2D eigenvalue weighted by molar-refractivity contribution is -0.142. The number of carbonyl (C=O) groups excluding carboxylic acids is 1. The Morgan fingerprint density at radius 1 is 1.30 bits per heavy atom. The number of carboxylic acids is 1. The van der Waals surface area contributed by atoms with Crippen LogP contribution in [0.3, 0.4) is 0 Å². The van der Waals surface area contributed by atoms with Gasteiger partial charge in [-0.1, -0.05) is 25.4 Å². The molecule has 0 aromatic carbocycles. The fourth-order valence-corrected chi connectivity index (χ4v) is 1.75. The molecule has 0 radical (unpaired) electrons. The van der Waals surface area contributed by atoms with Gasteiger partial charge >= 0.3 is 5.97 Å². The first kappa shape index (κ1) is 16.1. The Morgan fingerprint density at radius 3 is 2.65 bits per heavy atom. The minimum Gasteiger partial charge on any atom is -0.480 e. The molecule has 0 spiro atoms. The van der Waals surface area contributed by atoms with Crippen molar-refractivity contribution in [1.82, 2.24) is 15.5 Å². The summed E-state index contributed by atoms with van der Waals surface area (Å²) >= 11 is 0. The molecule has 0 aliphatic heterocycles. The van der Waals surface area contributed by atoms with E-state index in [0.29, 0.717) is 31.0 Å². The van der Waals surface area contributed by atoms with Crippen LogP contribution >= 0.6 is 0 Å². The molecule has 2 N–H and O–H groups in total. The number of hydrogen-bond acceptors (Lipinski definition) is 5. The third-order valence-electron chi connectivity index (χ3n) is 2.76. The van der Waals surface area contributed by atoms with Crippen LogP contribution in [0.5, 0.6) is 0 Å². The van der Waals surface area contributed by atoms with Crippen LogP contribution < -0.4 is 5.32 Å². The van der Waals surface area contributed by atoms with Crippen LogP contribution in [-0.2, 0) is 22.4 Å². The van der Waals surface area contributed by atoms with Crippen molar-refractivity contribution in [2.24, 2.45) is 0 Å². The van der Waals surface area contributed by atoms with Crippen LogP contribution in [0.25, 0.3) is 0 Å². The second-order valence-corrected chi connectivity index (χ2v) is 4.60. The van der Waals surface area contributed by atoms with E-state index < -0.39 is 12.0 Å². The van der Waals surface area contributed by atoms with Gasteiger partial charge in [0.15, 0.2) is 5.82 Å². The third kappa shape index (κ3) is 5.38. The number of nitrogens with one attached hydrogen (secondary N) is 1. The lowest BCUT2D eigenvalue weighted by atomic mass is 10.1. The van der Waals surface area contributed by atoms with Gasteiger partial charge in [-0.15, -0.1) is 0 Å². The van der Waals surface area contributed by atoms with Crippen molar-refractivity contribution in [2.45, 2.75) is 58.4 Å². The standard InChI is InChI=1S/C13H21N3O4/c1-3-5-9(13(18)19)14-11(17)7-8-12-15-10(6-4-2)16-20-12/h9H,3-8H2,1-2H3,(H,14,17)(H,18,19)/t9-/m0/s1. The summed E-state index contributed by atoms with van der Waals surface area (Å²) in [7, 11) is 0. The smallest absolute Gasteiger partial charge is 0.326 e. The zero-order chi connectivity index (χ0) is 15.0. The van der Waals surface area contributed by atoms with E-state index in [1.165, 1.54) is 0 Å². The van der Waals surface area contributed by atoms with Gasteiger partial charge in [0.05, 0.1) is 0 Å². The van der Waals surface area contributed by atoms with E-state index in [-0.39, 0.29) is 12.3 Å². The van der Waals surface area contributed by atoms with Crippen LogP contribution in [0.1, 0.15) is 51.2 Å². The summed E-state index contributed by atoms with van der Waals surface area (Å²) in [6.45, 7) is 3.89. The fourth-order valence-electron chi connectivity index (χ4n) is 1.75.